The first kappa shape index (κ1) is 17.4. The third kappa shape index (κ3) is 3.64. The maximum atomic E-state index is 11.7. The Bertz CT molecular complexity index is 918. The van der Waals surface area contributed by atoms with Gasteiger partial charge in [0.05, 0.1) is 18.1 Å². The molecule has 0 aliphatic heterocycles. The molecule has 0 atom stereocenters. The van der Waals surface area contributed by atoms with E-state index in [1.807, 2.05) is 12.1 Å². The lowest BCUT2D eigenvalue weighted by atomic mass is 10.2. The molecule has 0 aliphatic carbocycles. The number of nitrogens with one attached hydrogen (secondary N) is 1. The molecular formula is C19H21N3O2S. The Labute approximate surface area is 151 Å². The number of thiophene rings is 1. The van der Waals surface area contributed by atoms with Crippen LogP contribution in [-0.4, -0.2) is 23.0 Å². The molecule has 0 radical (unpaired) electrons. The molecule has 1 aromatic carbocycles. The number of fused-ring (bicyclic) bond motifs is 1. The lowest BCUT2D eigenvalue weighted by molar-refractivity contribution is 0.0601. The van der Waals surface area contributed by atoms with Gasteiger partial charge in [-0.25, -0.2) is 14.8 Å². The Hall–Kier alpha value is -2.47. The van der Waals surface area contributed by atoms with Crippen LogP contribution in [0, 0.1) is 0 Å². The quantitative estimate of drug-likeness (QED) is 0.659. The summed E-state index contributed by atoms with van der Waals surface area (Å²) in [6, 6.07) is 9.36. The van der Waals surface area contributed by atoms with Gasteiger partial charge in [-0.2, -0.15) is 0 Å². The number of ether oxygens (including phenoxy) is 1. The summed E-state index contributed by atoms with van der Waals surface area (Å²) < 4.78 is 4.79. The van der Waals surface area contributed by atoms with Crippen LogP contribution in [0.5, 0.6) is 0 Å². The minimum atomic E-state index is -0.358. The Kier molecular flexibility index (Phi) is 4.99. The number of carbonyl (C=O) groups excluding carboxylic acids is 1. The molecule has 6 heteroatoms. The predicted octanol–water partition coefficient (Wildman–Crippen LogP) is 4.91. The molecule has 2 aromatic heterocycles. The molecule has 130 valence electrons. The minimum Gasteiger partial charge on any atom is -0.465 e. The summed E-state index contributed by atoms with van der Waals surface area (Å²) in [5.74, 6) is 1.46. The molecule has 25 heavy (non-hydrogen) atoms. The zero-order valence-corrected chi connectivity index (χ0v) is 15.6. The van der Waals surface area contributed by atoms with E-state index in [4.69, 9.17) is 14.7 Å². The van der Waals surface area contributed by atoms with E-state index in [1.165, 1.54) is 12.0 Å². The van der Waals surface area contributed by atoms with Crippen LogP contribution in [0.1, 0.15) is 47.7 Å². The fourth-order valence-corrected chi connectivity index (χ4v) is 3.47. The van der Waals surface area contributed by atoms with Gasteiger partial charge in [-0.3, -0.25) is 0 Å². The van der Waals surface area contributed by atoms with Crippen LogP contribution in [0.25, 0.3) is 10.2 Å². The molecule has 0 aliphatic rings. The topological polar surface area (TPSA) is 64.1 Å². The van der Waals surface area contributed by atoms with Crippen LogP contribution >= 0.6 is 11.3 Å². The average molecular weight is 355 g/mol. The van der Waals surface area contributed by atoms with Gasteiger partial charge >= 0.3 is 5.97 Å². The smallest absolute Gasteiger partial charge is 0.337 e. The number of nitrogens with zero attached hydrogens (tertiary/aromatic N) is 2. The number of hydrogen-bond donors (Lipinski definition) is 1. The molecule has 1 N–H and O–H groups in total. The van der Waals surface area contributed by atoms with Crippen LogP contribution in [0.3, 0.4) is 0 Å². The number of anilines is 2. The van der Waals surface area contributed by atoms with Gasteiger partial charge in [-0.15, -0.1) is 11.3 Å². The average Bonchev–Trinajstić information content (AvgIpc) is 3.04. The van der Waals surface area contributed by atoms with Crippen molar-refractivity contribution in [2.45, 2.75) is 33.1 Å². The maximum absolute atomic E-state index is 11.7. The van der Waals surface area contributed by atoms with Gasteiger partial charge in [0, 0.05) is 16.5 Å². The standard InChI is InChI=1S/C19H21N3O2S/c1-5-14-10-15-17(21-16(11(2)3)22-18(15)25-14)20-13-8-6-7-12(9-13)19(23)24-4/h6-11H,5H2,1-4H3,(H,20,21,22). The van der Waals surface area contributed by atoms with E-state index in [9.17, 15) is 4.79 Å². The number of carbonyl (C=O) groups is 1. The molecule has 0 fully saturated rings. The molecule has 0 spiro atoms. The van der Waals surface area contributed by atoms with E-state index >= 15 is 0 Å². The van der Waals surface area contributed by atoms with E-state index in [-0.39, 0.29) is 11.9 Å². The summed E-state index contributed by atoms with van der Waals surface area (Å²) in [5.41, 5.74) is 1.29. The second kappa shape index (κ2) is 7.19. The van der Waals surface area contributed by atoms with Gasteiger partial charge < -0.3 is 10.1 Å². The Morgan fingerprint density at radius 2 is 2.08 bits per heavy atom. The monoisotopic (exact) mass is 355 g/mol. The van der Waals surface area contributed by atoms with Gasteiger partial charge in [0.1, 0.15) is 16.5 Å². The van der Waals surface area contributed by atoms with Gasteiger partial charge in [0.2, 0.25) is 0 Å². The number of hydrogen-bond acceptors (Lipinski definition) is 6. The third-order valence-electron chi connectivity index (χ3n) is 3.87. The highest BCUT2D eigenvalue weighted by Gasteiger charge is 2.14. The van der Waals surface area contributed by atoms with Crippen molar-refractivity contribution >= 4 is 39.0 Å². The molecule has 0 bridgehead atoms. The molecule has 0 saturated carbocycles. The fraction of sp³-hybridized carbons (Fsp3) is 0.316. The van der Waals surface area contributed by atoms with Crippen molar-refractivity contribution in [2.24, 2.45) is 0 Å². The first-order valence-corrected chi connectivity index (χ1v) is 9.09. The predicted molar refractivity (Wildman–Crippen MR) is 102 cm³/mol. The van der Waals surface area contributed by atoms with Crippen LogP contribution in [-0.2, 0) is 11.2 Å². The number of aromatic nitrogens is 2. The summed E-state index contributed by atoms with van der Waals surface area (Å²) in [5, 5.41) is 4.36. The SMILES string of the molecule is CCc1cc2c(Nc3cccc(C(=O)OC)c3)nc(C(C)C)nc2s1. The second-order valence-electron chi connectivity index (χ2n) is 6.07. The highest BCUT2D eigenvalue weighted by atomic mass is 32.1. The van der Waals surface area contributed by atoms with Crippen molar-refractivity contribution in [2.75, 3.05) is 12.4 Å². The first-order chi connectivity index (χ1) is 12.0. The highest BCUT2D eigenvalue weighted by molar-refractivity contribution is 7.18. The third-order valence-corrected chi connectivity index (χ3v) is 5.05. The minimum absolute atomic E-state index is 0.235. The van der Waals surface area contributed by atoms with Crippen LogP contribution in [0.4, 0.5) is 11.5 Å². The zero-order valence-electron chi connectivity index (χ0n) is 14.8. The van der Waals surface area contributed by atoms with Crippen LogP contribution in [0.15, 0.2) is 30.3 Å². The zero-order chi connectivity index (χ0) is 18.0. The van der Waals surface area contributed by atoms with Gasteiger partial charge in [0.25, 0.3) is 0 Å². The largest absolute Gasteiger partial charge is 0.465 e. The van der Waals surface area contributed by atoms with Gasteiger partial charge in [-0.1, -0.05) is 26.8 Å². The van der Waals surface area contributed by atoms with Crippen molar-refractivity contribution in [3.05, 3.63) is 46.6 Å². The first-order valence-electron chi connectivity index (χ1n) is 8.27. The number of benzene rings is 1. The summed E-state index contributed by atoms with van der Waals surface area (Å²) in [4.78, 5) is 23.4. The van der Waals surface area contributed by atoms with E-state index in [2.05, 4.69) is 32.2 Å². The molecule has 0 amide bonds. The summed E-state index contributed by atoms with van der Waals surface area (Å²) in [7, 11) is 1.38. The van der Waals surface area contributed by atoms with E-state index < -0.39 is 0 Å². The van der Waals surface area contributed by atoms with Gasteiger partial charge in [0.15, 0.2) is 0 Å². The van der Waals surface area contributed by atoms with Crippen molar-refractivity contribution < 1.29 is 9.53 Å². The van der Waals surface area contributed by atoms with E-state index in [0.717, 1.165) is 34.0 Å². The number of esters is 1. The Balaban J connectivity index is 2.05. The van der Waals surface area contributed by atoms with E-state index in [0.29, 0.717) is 5.56 Å². The number of rotatable bonds is 5. The molecule has 3 rings (SSSR count). The fourth-order valence-electron chi connectivity index (χ4n) is 2.49. The molecule has 5 nitrogen and oxygen atoms in total. The number of methoxy groups -OCH3 is 1. The molecule has 0 saturated heterocycles. The molecule has 0 unspecified atom stereocenters. The van der Waals surface area contributed by atoms with Crippen LogP contribution in [0.2, 0.25) is 0 Å². The van der Waals surface area contributed by atoms with Crippen LogP contribution < -0.4 is 5.32 Å². The van der Waals surface area contributed by atoms with Gasteiger partial charge in [-0.05, 0) is 30.7 Å². The molecular weight excluding hydrogens is 334 g/mol. The Morgan fingerprint density at radius 1 is 1.28 bits per heavy atom. The molecule has 2 heterocycles. The second-order valence-corrected chi connectivity index (χ2v) is 7.18. The highest BCUT2D eigenvalue weighted by Crippen LogP contribution is 2.32. The van der Waals surface area contributed by atoms with Crippen molar-refractivity contribution in [3.8, 4) is 0 Å². The number of aryl methyl sites for hydroxylation is 1. The van der Waals surface area contributed by atoms with Crippen molar-refractivity contribution in [1.29, 1.82) is 0 Å². The maximum Gasteiger partial charge on any atom is 0.337 e. The van der Waals surface area contributed by atoms with E-state index in [1.54, 1.807) is 23.5 Å². The van der Waals surface area contributed by atoms with Crippen molar-refractivity contribution in [1.82, 2.24) is 9.97 Å². The summed E-state index contributed by atoms with van der Waals surface area (Å²) >= 11 is 1.70. The normalized spacial score (nSPS) is 11.1. The summed E-state index contributed by atoms with van der Waals surface area (Å²) in [6.45, 7) is 6.29. The summed E-state index contributed by atoms with van der Waals surface area (Å²) in [6.07, 6.45) is 0.968. The lowest BCUT2D eigenvalue weighted by Gasteiger charge is -2.11. The van der Waals surface area contributed by atoms with Crippen molar-refractivity contribution in [3.63, 3.8) is 0 Å². The molecule has 3 aromatic rings. The lowest BCUT2D eigenvalue weighted by Crippen LogP contribution is -2.04. The Morgan fingerprint density at radius 3 is 2.76 bits per heavy atom.